The van der Waals surface area contributed by atoms with Crippen LogP contribution in [0.5, 0.6) is 0 Å². The molecule has 5 nitrogen and oxygen atoms in total. The molecule has 0 saturated heterocycles. The van der Waals surface area contributed by atoms with E-state index >= 15 is 0 Å². The van der Waals surface area contributed by atoms with Crippen LogP contribution in [-0.4, -0.2) is 30.2 Å². The van der Waals surface area contributed by atoms with Gasteiger partial charge in [-0.25, -0.2) is 4.98 Å². The van der Waals surface area contributed by atoms with E-state index in [0.29, 0.717) is 18.7 Å². The van der Waals surface area contributed by atoms with Gasteiger partial charge in [0.2, 0.25) is 0 Å². The number of methoxy groups -OCH3 is 1. The molecule has 0 atom stereocenters. The molecular weight excluding hydrogens is 286 g/mol. The molecule has 0 aromatic carbocycles. The standard InChI is InChI=1S/C15H19N3O2S/c1-20-7-6-16-15-18-13(9-21-15)11-8-10-4-2-3-5-12(10)17-14(11)19/h8-9H,2-7H2,1H3,(H,16,18)(H,17,19). The second-order valence-corrected chi connectivity index (χ2v) is 6.04. The summed E-state index contributed by atoms with van der Waals surface area (Å²) in [6.07, 6.45) is 4.37. The van der Waals surface area contributed by atoms with Crippen molar-refractivity contribution in [2.24, 2.45) is 0 Å². The van der Waals surface area contributed by atoms with Crippen LogP contribution in [0.2, 0.25) is 0 Å². The summed E-state index contributed by atoms with van der Waals surface area (Å²) in [5.74, 6) is 0. The van der Waals surface area contributed by atoms with E-state index in [-0.39, 0.29) is 5.56 Å². The summed E-state index contributed by atoms with van der Waals surface area (Å²) in [5, 5.41) is 5.93. The van der Waals surface area contributed by atoms with Gasteiger partial charge in [-0.15, -0.1) is 11.3 Å². The van der Waals surface area contributed by atoms with Crippen LogP contribution >= 0.6 is 11.3 Å². The fourth-order valence-corrected chi connectivity index (χ4v) is 3.34. The number of aromatic nitrogens is 2. The summed E-state index contributed by atoms with van der Waals surface area (Å²) in [6.45, 7) is 1.35. The van der Waals surface area contributed by atoms with E-state index in [1.54, 1.807) is 7.11 Å². The molecule has 0 bridgehead atoms. The number of anilines is 1. The molecule has 0 radical (unpaired) electrons. The largest absolute Gasteiger partial charge is 0.383 e. The number of nitrogens with one attached hydrogen (secondary N) is 2. The normalized spacial score (nSPS) is 14.0. The minimum absolute atomic E-state index is 0.0376. The number of thiazole rings is 1. The van der Waals surface area contributed by atoms with Gasteiger partial charge in [-0.2, -0.15) is 0 Å². The van der Waals surface area contributed by atoms with Crippen molar-refractivity contribution < 1.29 is 4.74 Å². The quantitative estimate of drug-likeness (QED) is 0.833. The molecule has 2 N–H and O–H groups in total. The van der Waals surface area contributed by atoms with Crippen LogP contribution in [0, 0.1) is 0 Å². The molecule has 0 amide bonds. The van der Waals surface area contributed by atoms with Gasteiger partial charge in [0.15, 0.2) is 5.13 Å². The topological polar surface area (TPSA) is 67.0 Å². The van der Waals surface area contributed by atoms with E-state index in [4.69, 9.17) is 4.74 Å². The third-order valence-corrected chi connectivity index (χ3v) is 4.50. The number of aryl methyl sites for hydroxylation is 2. The average Bonchev–Trinajstić information content (AvgIpc) is 2.95. The van der Waals surface area contributed by atoms with Crippen molar-refractivity contribution in [2.75, 3.05) is 25.6 Å². The SMILES string of the molecule is COCCNc1nc(-c2cc3c([nH]c2=O)CCCC3)cs1. The van der Waals surface area contributed by atoms with Gasteiger partial charge in [0, 0.05) is 24.7 Å². The molecule has 2 aromatic rings. The lowest BCUT2D eigenvalue weighted by molar-refractivity contribution is 0.211. The highest BCUT2D eigenvalue weighted by molar-refractivity contribution is 7.14. The van der Waals surface area contributed by atoms with Crippen molar-refractivity contribution in [1.82, 2.24) is 9.97 Å². The molecule has 6 heteroatoms. The van der Waals surface area contributed by atoms with Gasteiger partial charge < -0.3 is 15.0 Å². The van der Waals surface area contributed by atoms with Crippen molar-refractivity contribution in [3.8, 4) is 11.3 Å². The summed E-state index contributed by atoms with van der Waals surface area (Å²) in [5.41, 5.74) is 3.74. The molecule has 3 rings (SSSR count). The average molecular weight is 305 g/mol. The van der Waals surface area contributed by atoms with Gasteiger partial charge in [0.25, 0.3) is 5.56 Å². The number of aromatic amines is 1. The lowest BCUT2D eigenvalue weighted by atomic mass is 9.94. The molecular formula is C15H19N3O2S. The summed E-state index contributed by atoms with van der Waals surface area (Å²) in [7, 11) is 1.67. The number of hydrogen-bond donors (Lipinski definition) is 2. The van der Waals surface area contributed by atoms with E-state index < -0.39 is 0 Å². The molecule has 21 heavy (non-hydrogen) atoms. The molecule has 0 saturated carbocycles. The first-order valence-corrected chi connectivity index (χ1v) is 8.09. The van der Waals surface area contributed by atoms with Gasteiger partial charge in [-0.05, 0) is 37.3 Å². The van der Waals surface area contributed by atoms with Crippen LogP contribution in [0.4, 0.5) is 5.13 Å². The fourth-order valence-electron chi connectivity index (χ4n) is 2.60. The molecule has 2 aromatic heterocycles. The molecule has 0 spiro atoms. The zero-order valence-electron chi connectivity index (χ0n) is 12.1. The van der Waals surface area contributed by atoms with Gasteiger partial charge in [0.1, 0.15) is 0 Å². The number of ether oxygens (including phenoxy) is 1. The minimum atomic E-state index is -0.0376. The molecule has 112 valence electrons. The van der Waals surface area contributed by atoms with Crippen molar-refractivity contribution >= 4 is 16.5 Å². The predicted molar refractivity (Wildman–Crippen MR) is 85.2 cm³/mol. The lowest BCUT2D eigenvalue weighted by Crippen LogP contribution is -2.17. The summed E-state index contributed by atoms with van der Waals surface area (Å²) in [6, 6.07) is 2.02. The van der Waals surface area contributed by atoms with Gasteiger partial charge >= 0.3 is 0 Å². The highest BCUT2D eigenvalue weighted by Crippen LogP contribution is 2.26. The highest BCUT2D eigenvalue weighted by Gasteiger charge is 2.15. The lowest BCUT2D eigenvalue weighted by Gasteiger charge is -2.15. The predicted octanol–water partition coefficient (Wildman–Crippen LogP) is 2.44. The number of H-pyrrole nitrogens is 1. The van der Waals surface area contributed by atoms with Gasteiger partial charge in [-0.3, -0.25) is 4.79 Å². The van der Waals surface area contributed by atoms with Crippen molar-refractivity contribution in [3.05, 3.63) is 33.1 Å². The van der Waals surface area contributed by atoms with Crippen LogP contribution in [0.3, 0.4) is 0 Å². The molecule has 1 aliphatic carbocycles. The number of rotatable bonds is 5. The first-order valence-electron chi connectivity index (χ1n) is 7.21. The van der Waals surface area contributed by atoms with Crippen LogP contribution in [0.1, 0.15) is 24.1 Å². The summed E-state index contributed by atoms with van der Waals surface area (Å²) < 4.78 is 5.00. The van der Waals surface area contributed by atoms with Crippen LogP contribution < -0.4 is 10.9 Å². The van der Waals surface area contributed by atoms with Gasteiger partial charge in [-0.1, -0.05) is 0 Å². The van der Waals surface area contributed by atoms with Crippen LogP contribution in [-0.2, 0) is 17.6 Å². The number of nitrogens with zero attached hydrogens (tertiary/aromatic N) is 1. The number of fused-ring (bicyclic) bond motifs is 1. The molecule has 2 heterocycles. The maximum absolute atomic E-state index is 12.2. The monoisotopic (exact) mass is 305 g/mol. The minimum Gasteiger partial charge on any atom is -0.383 e. The van der Waals surface area contributed by atoms with E-state index in [9.17, 15) is 4.79 Å². The van der Waals surface area contributed by atoms with Gasteiger partial charge in [0.05, 0.1) is 17.9 Å². The highest BCUT2D eigenvalue weighted by atomic mass is 32.1. The molecule has 0 unspecified atom stereocenters. The van der Waals surface area contributed by atoms with Crippen LogP contribution in [0.15, 0.2) is 16.2 Å². The first kappa shape index (κ1) is 14.3. The second-order valence-electron chi connectivity index (χ2n) is 5.18. The first-order chi connectivity index (χ1) is 10.3. The zero-order chi connectivity index (χ0) is 14.7. The van der Waals surface area contributed by atoms with Crippen molar-refractivity contribution in [3.63, 3.8) is 0 Å². The Kier molecular flexibility index (Phi) is 4.36. The molecule has 0 fully saturated rings. The van der Waals surface area contributed by atoms with E-state index in [1.165, 1.54) is 23.3 Å². The maximum Gasteiger partial charge on any atom is 0.257 e. The Morgan fingerprint density at radius 2 is 2.29 bits per heavy atom. The zero-order valence-corrected chi connectivity index (χ0v) is 12.9. The third-order valence-electron chi connectivity index (χ3n) is 3.70. The number of hydrogen-bond acceptors (Lipinski definition) is 5. The summed E-state index contributed by atoms with van der Waals surface area (Å²) in [4.78, 5) is 19.7. The maximum atomic E-state index is 12.2. The molecule has 0 aliphatic heterocycles. The van der Waals surface area contributed by atoms with Crippen LogP contribution in [0.25, 0.3) is 11.3 Å². The summed E-state index contributed by atoms with van der Waals surface area (Å²) >= 11 is 1.51. The number of pyridine rings is 1. The Bertz CT molecular complexity index is 678. The Balaban J connectivity index is 1.85. The Morgan fingerprint density at radius 1 is 1.43 bits per heavy atom. The fraction of sp³-hybridized carbons (Fsp3) is 0.467. The van der Waals surface area contributed by atoms with E-state index in [2.05, 4.69) is 15.3 Å². The Morgan fingerprint density at radius 3 is 3.14 bits per heavy atom. The third kappa shape index (κ3) is 3.16. The second kappa shape index (κ2) is 6.41. The van der Waals surface area contributed by atoms with E-state index in [0.717, 1.165) is 35.8 Å². The van der Waals surface area contributed by atoms with E-state index in [1.807, 2.05) is 11.4 Å². The molecule has 1 aliphatic rings. The Hall–Kier alpha value is -1.66. The smallest absolute Gasteiger partial charge is 0.257 e. The van der Waals surface area contributed by atoms with Crippen molar-refractivity contribution in [2.45, 2.75) is 25.7 Å². The van der Waals surface area contributed by atoms with Crippen molar-refractivity contribution in [1.29, 1.82) is 0 Å². The Labute approximate surface area is 127 Å².